The Morgan fingerprint density at radius 1 is 1.29 bits per heavy atom. The quantitative estimate of drug-likeness (QED) is 0.401. The fourth-order valence-corrected chi connectivity index (χ4v) is 5.67. The number of thiocarbonyl (C=S) groups is 1. The van der Waals surface area contributed by atoms with Gasteiger partial charge in [-0.25, -0.2) is 0 Å². The molecule has 4 heterocycles. The molecule has 4 rings (SSSR count). The molecule has 3 aliphatic rings. The van der Waals surface area contributed by atoms with Crippen LogP contribution in [0.3, 0.4) is 0 Å². The van der Waals surface area contributed by atoms with Gasteiger partial charge in [-0.05, 0) is 31.7 Å². The molecule has 2 atom stereocenters. The third-order valence-corrected chi connectivity index (χ3v) is 6.92. The molecule has 1 amide bonds. The van der Waals surface area contributed by atoms with Crippen molar-refractivity contribution >= 4 is 34.2 Å². The van der Waals surface area contributed by atoms with E-state index >= 15 is 0 Å². The van der Waals surface area contributed by atoms with Crippen molar-refractivity contribution in [2.24, 2.45) is 5.92 Å². The molecule has 0 radical (unpaired) electrons. The van der Waals surface area contributed by atoms with Crippen LogP contribution in [0.5, 0.6) is 0 Å². The van der Waals surface area contributed by atoms with Gasteiger partial charge < -0.3 is 14.2 Å². The summed E-state index contributed by atoms with van der Waals surface area (Å²) in [5.41, 5.74) is 1.21. The van der Waals surface area contributed by atoms with Crippen LogP contribution >= 0.6 is 24.0 Å². The third kappa shape index (κ3) is 3.90. The number of pyridine rings is 1. The molecule has 0 aliphatic carbocycles. The SMILES string of the molecule is CCOCCCN1C(=O)/C(=C/N2C[C@@H]3C[C@H](C2)c2cccc(=O)n2C3)SC1=S. The van der Waals surface area contributed by atoms with Gasteiger partial charge in [0.05, 0.1) is 4.91 Å². The van der Waals surface area contributed by atoms with E-state index in [9.17, 15) is 9.59 Å². The van der Waals surface area contributed by atoms with Crippen LogP contribution in [-0.4, -0.2) is 57.4 Å². The van der Waals surface area contributed by atoms with Gasteiger partial charge >= 0.3 is 0 Å². The van der Waals surface area contributed by atoms with Gasteiger partial charge in [0, 0.05) is 63.3 Å². The first-order chi connectivity index (χ1) is 13.6. The number of amides is 1. The molecule has 2 bridgehead atoms. The zero-order valence-corrected chi connectivity index (χ0v) is 17.6. The number of rotatable bonds is 6. The lowest BCUT2D eigenvalue weighted by molar-refractivity contribution is -0.122. The van der Waals surface area contributed by atoms with Crippen molar-refractivity contribution in [3.05, 3.63) is 45.4 Å². The third-order valence-electron chi connectivity index (χ3n) is 5.56. The molecule has 1 aromatic rings. The number of carbonyl (C=O) groups is 1. The van der Waals surface area contributed by atoms with Crippen molar-refractivity contribution in [2.75, 3.05) is 32.8 Å². The summed E-state index contributed by atoms with van der Waals surface area (Å²) in [4.78, 5) is 29.6. The number of fused-ring (bicyclic) bond motifs is 4. The maximum atomic E-state index is 12.8. The summed E-state index contributed by atoms with van der Waals surface area (Å²) in [5.74, 6) is 0.756. The lowest BCUT2D eigenvalue weighted by Gasteiger charge is -2.42. The molecule has 2 fully saturated rings. The monoisotopic (exact) mass is 419 g/mol. The molecule has 0 aromatic carbocycles. The van der Waals surface area contributed by atoms with E-state index < -0.39 is 0 Å². The van der Waals surface area contributed by atoms with Crippen LogP contribution in [0, 0.1) is 5.92 Å². The molecule has 0 saturated carbocycles. The summed E-state index contributed by atoms with van der Waals surface area (Å²) in [6, 6.07) is 5.55. The summed E-state index contributed by atoms with van der Waals surface area (Å²) >= 11 is 6.80. The lowest BCUT2D eigenvalue weighted by Crippen LogP contribution is -2.45. The van der Waals surface area contributed by atoms with Crippen LogP contribution in [0.25, 0.3) is 0 Å². The largest absolute Gasteiger partial charge is 0.382 e. The van der Waals surface area contributed by atoms with E-state index in [1.54, 1.807) is 11.0 Å². The van der Waals surface area contributed by atoms with Crippen LogP contribution < -0.4 is 5.56 Å². The Morgan fingerprint density at radius 3 is 2.96 bits per heavy atom. The van der Waals surface area contributed by atoms with E-state index in [4.69, 9.17) is 17.0 Å². The Balaban J connectivity index is 1.45. The minimum Gasteiger partial charge on any atom is -0.382 e. The fourth-order valence-electron chi connectivity index (χ4n) is 4.36. The second kappa shape index (κ2) is 8.39. The molecule has 28 heavy (non-hydrogen) atoms. The first-order valence-electron chi connectivity index (χ1n) is 9.84. The van der Waals surface area contributed by atoms with Gasteiger partial charge in [0.25, 0.3) is 11.5 Å². The van der Waals surface area contributed by atoms with Crippen LogP contribution in [0.2, 0.25) is 0 Å². The number of piperidine rings is 1. The van der Waals surface area contributed by atoms with E-state index in [2.05, 4.69) is 11.0 Å². The summed E-state index contributed by atoms with van der Waals surface area (Å²) in [6.07, 6.45) is 3.87. The number of likely N-dealkylation sites (tertiary alicyclic amines) is 1. The molecule has 0 unspecified atom stereocenters. The Bertz CT molecular complexity index is 866. The van der Waals surface area contributed by atoms with Crippen LogP contribution in [0.4, 0.5) is 0 Å². The zero-order chi connectivity index (χ0) is 19.7. The molecule has 3 aliphatic heterocycles. The first-order valence-corrected chi connectivity index (χ1v) is 11.1. The Labute approximate surface area is 174 Å². The summed E-state index contributed by atoms with van der Waals surface area (Å²) in [5, 5.41) is 0. The minimum absolute atomic E-state index is 0.00106. The normalized spacial score (nSPS) is 25.5. The van der Waals surface area contributed by atoms with Crippen LogP contribution in [0.1, 0.15) is 31.4 Å². The topological polar surface area (TPSA) is 54.8 Å². The molecule has 8 heteroatoms. The number of ether oxygens (including phenoxy) is 1. The van der Waals surface area contributed by atoms with Crippen molar-refractivity contribution in [2.45, 2.75) is 32.2 Å². The summed E-state index contributed by atoms with van der Waals surface area (Å²) in [7, 11) is 0. The maximum Gasteiger partial charge on any atom is 0.267 e. The molecular formula is C20H25N3O3S2. The average Bonchev–Trinajstić information content (AvgIpc) is 2.93. The summed E-state index contributed by atoms with van der Waals surface area (Å²) in [6.45, 7) is 6.34. The highest BCUT2D eigenvalue weighted by atomic mass is 32.2. The van der Waals surface area contributed by atoms with Gasteiger partial charge in [0.15, 0.2) is 0 Å². The van der Waals surface area contributed by atoms with Gasteiger partial charge in [0.2, 0.25) is 0 Å². The summed E-state index contributed by atoms with van der Waals surface area (Å²) < 4.78 is 7.91. The van der Waals surface area contributed by atoms with Crippen molar-refractivity contribution in [1.82, 2.24) is 14.4 Å². The number of nitrogens with zero attached hydrogens (tertiary/aromatic N) is 3. The molecular weight excluding hydrogens is 394 g/mol. The molecule has 6 nitrogen and oxygen atoms in total. The van der Waals surface area contributed by atoms with Gasteiger partial charge in [-0.3, -0.25) is 14.5 Å². The van der Waals surface area contributed by atoms with Gasteiger partial charge in [-0.1, -0.05) is 30.0 Å². The predicted molar refractivity (Wildman–Crippen MR) is 114 cm³/mol. The average molecular weight is 420 g/mol. The predicted octanol–water partition coefficient (Wildman–Crippen LogP) is 2.40. The molecule has 0 spiro atoms. The second-order valence-electron chi connectivity index (χ2n) is 7.52. The number of carbonyl (C=O) groups excluding carboxylic acids is 1. The van der Waals surface area contributed by atoms with E-state index in [0.717, 1.165) is 38.2 Å². The molecule has 150 valence electrons. The van der Waals surface area contributed by atoms with Gasteiger partial charge in [-0.15, -0.1) is 0 Å². The number of hydrogen-bond acceptors (Lipinski definition) is 6. The van der Waals surface area contributed by atoms with Crippen molar-refractivity contribution < 1.29 is 9.53 Å². The maximum absolute atomic E-state index is 12.8. The Kier molecular flexibility index (Phi) is 5.89. The number of aromatic nitrogens is 1. The first kappa shape index (κ1) is 19.7. The van der Waals surface area contributed by atoms with Crippen molar-refractivity contribution in [3.8, 4) is 0 Å². The van der Waals surface area contributed by atoms with Crippen LogP contribution in [0.15, 0.2) is 34.1 Å². The van der Waals surface area contributed by atoms with Gasteiger partial charge in [-0.2, -0.15) is 0 Å². The van der Waals surface area contributed by atoms with Crippen molar-refractivity contribution in [3.63, 3.8) is 0 Å². The zero-order valence-electron chi connectivity index (χ0n) is 16.0. The minimum atomic E-state index is -0.00106. The second-order valence-corrected chi connectivity index (χ2v) is 9.20. The highest BCUT2D eigenvalue weighted by molar-refractivity contribution is 8.26. The van der Waals surface area contributed by atoms with Gasteiger partial charge in [0.1, 0.15) is 4.32 Å². The highest BCUT2D eigenvalue weighted by Crippen LogP contribution is 2.37. The number of hydrogen-bond donors (Lipinski definition) is 0. The lowest BCUT2D eigenvalue weighted by atomic mass is 9.83. The highest BCUT2D eigenvalue weighted by Gasteiger charge is 2.36. The van der Waals surface area contributed by atoms with E-state index in [-0.39, 0.29) is 11.5 Å². The molecule has 2 saturated heterocycles. The Morgan fingerprint density at radius 2 is 2.14 bits per heavy atom. The molecule has 0 N–H and O–H groups in total. The van der Waals surface area contributed by atoms with Crippen LogP contribution in [-0.2, 0) is 16.1 Å². The van der Waals surface area contributed by atoms with E-state index in [1.807, 2.05) is 23.8 Å². The smallest absolute Gasteiger partial charge is 0.267 e. The fraction of sp³-hybridized carbons (Fsp3) is 0.550. The molecule has 1 aromatic heterocycles. The van der Waals surface area contributed by atoms with Crippen molar-refractivity contribution in [1.29, 1.82) is 0 Å². The van der Waals surface area contributed by atoms with E-state index in [0.29, 0.717) is 40.8 Å². The Hall–Kier alpha value is -1.64. The number of thioether (sulfide) groups is 1. The standard InChI is InChI=1S/C20H25N3O3S2/c1-2-26-8-4-7-22-19(25)17(28-20(22)27)13-21-10-14-9-15(12-21)16-5-3-6-18(24)23(16)11-14/h3,5-6,13-15H,2,4,7-12H2,1H3/b17-13-/t14-,15+/m0/s1. The van der Waals surface area contributed by atoms with E-state index in [1.165, 1.54) is 11.8 Å².